The van der Waals surface area contributed by atoms with Gasteiger partial charge in [-0.2, -0.15) is 0 Å². The minimum atomic E-state index is -0.394. The van der Waals surface area contributed by atoms with E-state index < -0.39 is 11.9 Å². The van der Waals surface area contributed by atoms with Crippen molar-refractivity contribution in [3.8, 4) is 0 Å². The number of carbonyl (C=O) groups is 2. The summed E-state index contributed by atoms with van der Waals surface area (Å²) in [5.74, 6) is 0.583. The van der Waals surface area contributed by atoms with Gasteiger partial charge < -0.3 is 9.47 Å². The molecule has 0 saturated heterocycles. The minimum Gasteiger partial charge on any atom is -0.428 e. The topological polar surface area (TPSA) is 52.6 Å². The molecule has 0 amide bonds. The molecule has 0 saturated carbocycles. The van der Waals surface area contributed by atoms with Crippen molar-refractivity contribution in [2.75, 3.05) is 0 Å². The smallest absolute Gasteiger partial charge is 0.335 e. The van der Waals surface area contributed by atoms with Crippen molar-refractivity contribution < 1.29 is 19.1 Å². The number of rotatable bonds is 4. The van der Waals surface area contributed by atoms with E-state index in [1.165, 1.54) is 0 Å². The normalized spacial score (nSPS) is 14.6. The van der Waals surface area contributed by atoms with Gasteiger partial charge in [0.2, 0.25) is 0 Å². The number of allylic oxidation sites excluding steroid dienone is 6. The lowest BCUT2D eigenvalue weighted by Gasteiger charge is -1.98. The molecule has 0 aromatic rings. The van der Waals surface area contributed by atoms with Gasteiger partial charge in [-0.25, -0.2) is 9.59 Å². The molecule has 2 aliphatic carbocycles. The number of ether oxygens (including phenoxy) is 2. The van der Waals surface area contributed by atoms with Crippen LogP contribution in [0, 0.1) is 0 Å². The number of hydrogen-bond acceptors (Lipinski definition) is 4. The first-order valence-corrected chi connectivity index (χ1v) is 6.05. The number of esters is 2. The Kier molecular flexibility index (Phi) is 6.54. The van der Waals surface area contributed by atoms with Crippen LogP contribution in [0.25, 0.3) is 0 Å². The molecule has 0 aromatic carbocycles. The zero-order valence-electron chi connectivity index (χ0n) is 11.1. The second-order valence-electron chi connectivity index (χ2n) is 3.78. The average molecular weight is 272 g/mol. The van der Waals surface area contributed by atoms with E-state index in [0.717, 1.165) is 12.2 Å². The molecule has 0 N–H and O–H groups in total. The van der Waals surface area contributed by atoms with E-state index in [1.807, 2.05) is 24.3 Å². The summed E-state index contributed by atoms with van der Waals surface area (Å²) in [5.41, 5.74) is 0. The Morgan fingerprint density at radius 1 is 0.900 bits per heavy atom. The maximum absolute atomic E-state index is 10.6. The van der Waals surface area contributed by atoms with Crippen molar-refractivity contribution in [1.82, 2.24) is 0 Å². The standard InChI is InChI=1S/2C8H8O2/c2*1-2-8(9)10-7-5-3-4-6-7/h2*2-5H,1,6H2. The van der Waals surface area contributed by atoms with Crippen LogP contribution in [0.1, 0.15) is 12.8 Å². The first-order chi connectivity index (χ1) is 9.65. The number of hydrogen-bond donors (Lipinski definition) is 0. The van der Waals surface area contributed by atoms with Gasteiger partial charge in [0.1, 0.15) is 11.5 Å². The van der Waals surface area contributed by atoms with Crippen LogP contribution in [-0.2, 0) is 19.1 Å². The van der Waals surface area contributed by atoms with E-state index in [-0.39, 0.29) is 0 Å². The summed E-state index contributed by atoms with van der Waals surface area (Å²) in [6.45, 7) is 6.56. The van der Waals surface area contributed by atoms with E-state index in [1.54, 1.807) is 12.2 Å². The molecule has 0 atom stereocenters. The van der Waals surface area contributed by atoms with Crippen molar-refractivity contribution in [2.24, 2.45) is 0 Å². The average Bonchev–Trinajstić information content (AvgIpc) is 3.12. The third-order valence-electron chi connectivity index (χ3n) is 2.27. The van der Waals surface area contributed by atoms with Crippen molar-refractivity contribution in [2.45, 2.75) is 12.8 Å². The first-order valence-electron chi connectivity index (χ1n) is 6.05. The zero-order valence-corrected chi connectivity index (χ0v) is 11.1. The van der Waals surface area contributed by atoms with E-state index in [2.05, 4.69) is 13.2 Å². The van der Waals surface area contributed by atoms with Gasteiger partial charge >= 0.3 is 11.9 Å². The summed E-state index contributed by atoms with van der Waals surface area (Å²) in [5, 5.41) is 0. The molecule has 0 bridgehead atoms. The van der Waals surface area contributed by atoms with Gasteiger partial charge in [-0.1, -0.05) is 37.5 Å². The van der Waals surface area contributed by atoms with Gasteiger partial charge in [-0.3, -0.25) is 0 Å². The highest BCUT2D eigenvalue weighted by molar-refractivity contribution is 5.82. The Morgan fingerprint density at radius 2 is 1.30 bits per heavy atom. The van der Waals surface area contributed by atoms with E-state index in [4.69, 9.17) is 9.47 Å². The molecular formula is C16H16O4. The molecule has 20 heavy (non-hydrogen) atoms. The van der Waals surface area contributed by atoms with Gasteiger partial charge in [-0.15, -0.1) is 0 Å². The second-order valence-corrected chi connectivity index (χ2v) is 3.78. The molecule has 0 unspecified atom stereocenters. The van der Waals surface area contributed by atoms with Gasteiger partial charge in [0.15, 0.2) is 0 Å². The Labute approximate surface area is 118 Å². The monoisotopic (exact) mass is 272 g/mol. The predicted molar refractivity (Wildman–Crippen MR) is 76.3 cm³/mol. The molecule has 2 aliphatic rings. The summed E-state index contributed by atoms with van der Waals surface area (Å²) in [4.78, 5) is 21.1. The fraction of sp³-hybridized carbons (Fsp3) is 0.125. The van der Waals surface area contributed by atoms with E-state index >= 15 is 0 Å². The number of carbonyl (C=O) groups excluding carboxylic acids is 2. The zero-order chi connectivity index (χ0) is 14.8. The maximum Gasteiger partial charge on any atom is 0.335 e. The fourth-order valence-electron chi connectivity index (χ4n) is 1.35. The van der Waals surface area contributed by atoms with Crippen molar-refractivity contribution in [3.05, 3.63) is 73.3 Å². The molecule has 0 spiro atoms. The predicted octanol–water partition coefficient (Wildman–Crippen LogP) is 3.12. The van der Waals surface area contributed by atoms with Crippen LogP contribution in [0.15, 0.2) is 73.3 Å². The summed E-state index contributed by atoms with van der Waals surface area (Å²) in [6.07, 6.45) is 14.8. The Bertz CT molecular complexity index is 471. The maximum atomic E-state index is 10.6. The third kappa shape index (κ3) is 5.82. The van der Waals surface area contributed by atoms with Gasteiger partial charge in [0.05, 0.1) is 0 Å². The minimum absolute atomic E-state index is 0.394. The summed E-state index contributed by atoms with van der Waals surface area (Å²) >= 11 is 0. The highest BCUT2D eigenvalue weighted by Crippen LogP contribution is 2.12. The van der Waals surface area contributed by atoms with E-state index in [9.17, 15) is 9.59 Å². The molecular weight excluding hydrogens is 256 g/mol. The molecule has 104 valence electrons. The van der Waals surface area contributed by atoms with Crippen molar-refractivity contribution in [1.29, 1.82) is 0 Å². The quantitative estimate of drug-likeness (QED) is 0.583. The van der Waals surface area contributed by atoms with Crippen LogP contribution in [0.5, 0.6) is 0 Å². The lowest BCUT2D eigenvalue weighted by Crippen LogP contribution is -1.97. The fourth-order valence-corrected chi connectivity index (χ4v) is 1.35. The van der Waals surface area contributed by atoms with Crippen LogP contribution >= 0.6 is 0 Å². The van der Waals surface area contributed by atoms with Crippen LogP contribution in [0.3, 0.4) is 0 Å². The molecule has 4 heteroatoms. The van der Waals surface area contributed by atoms with Crippen LogP contribution in [-0.4, -0.2) is 11.9 Å². The van der Waals surface area contributed by atoms with Crippen molar-refractivity contribution in [3.63, 3.8) is 0 Å². The van der Waals surface area contributed by atoms with Gasteiger partial charge in [-0.05, 0) is 12.2 Å². The third-order valence-corrected chi connectivity index (χ3v) is 2.27. The lowest BCUT2D eigenvalue weighted by atomic mass is 10.4. The molecule has 2 rings (SSSR count). The lowest BCUT2D eigenvalue weighted by molar-refractivity contribution is -0.134. The summed E-state index contributed by atoms with van der Waals surface area (Å²) < 4.78 is 9.60. The van der Waals surface area contributed by atoms with Gasteiger partial charge in [0.25, 0.3) is 0 Å². The van der Waals surface area contributed by atoms with Crippen LogP contribution in [0.4, 0.5) is 0 Å². The highest BCUT2D eigenvalue weighted by atomic mass is 16.5. The van der Waals surface area contributed by atoms with E-state index in [0.29, 0.717) is 24.4 Å². The summed E-state index contributed by atoms with van der Waals surface area (Å²) in [7, 11) is 0. The molecule has 0 aliphatic heterocycles. The SMILES string of the molecule is C=CC(=O)OC1=CC=CC1.C=CC(=O)OC1=CC=CC1. The van der Waals surface area contributed by atoms with Crippen molar-refractivity contribution >= 4 is 11.9 Å². The first kappa shape index (κ1) is 15.4. The Balaban J connectivity index is 0.000000200. The molecule has 4 nitrogen and oxygen atoms in total. The molecule has 0 aromatic heterocycles. The Hall–Kier alpha value is -2.62. The molecule has 0 heterocycles. The molecule has 0 fully saturated rings. The summed E-state index contributed by atoms with van der Waals surface area (Å²) in [6, 6.07) is 0. The Morgan fingerprint density at radius 3 is 1.55 bits per heavy atom. The highest BCUT2D eigenvalue weighted by Gasteiger charge is 2.03. The van der Waals surface area contributed by atoms with Crippen LogP contribution in [0.2, 0.25) is 0 Å². The van der Waals surface area contributed by atoms with Gasteiger partial charge in [0, 0.05) is 25.0 Å². The van der Waals surface area contributed by atoms with Crippen LogP contribution < -0.4 is 0 Å². The second kappa shape index (κ2) is 8.48. The largest absolute Gasteiger partial charge is 0.428 e. The molecule has 0 radical (unpaired) electrons.